The Labute approximate surface area is 131 Å². The number of aryl methyl sites for hydroxylation is 2. The molecule has 1 aliphatic heterocycles. The number of aromatic nitrogens is 1. The lowest BCUT2D eigenvalue weighted by Crippen LogP contribution is -2.41. The van der Waals surface area contributed by atoms with E-state index in [0.717, 1.165) is 16.2 Å². The summed E-state index contributed by atoms with van der Waals surface area (Å²) in [7, 11) is -0.345. The van der Waals surface area contributed by atoms with Gasteiger partial charge in [0, 0.05) is 10.6 Å². The molecule has 6 heteroatoms. The van der Waals surface area contributed by atoms with Crippen molar-refractivity contribution in [2.45, 2.75) is 52.7 Å². The monoisotopic (exact) mass is 311 g/mol. The molecule has 0 saturated carbocycles. The minimum atomic E-state index is -0.345. The van der Waals surface area contributed by atoms with Gasteiger partial charge in [0.2, 0.25) is 0 Å². The molecule has 0 N–H and O–H groups in total. The van der Waals surface area contributed by atoms with Gasteiger partial charge in [-0.25, -0.2) is 4.98 Å². The molecular formula is C14H22BNO2S2. The molecule has 1 aromatic heterocycles. The first-order valence-electron chi connectivity index (χ1n) is 6.77. The summed E-state index contributed by atoms with van der Waals surface area (Å²) >= 11 is 6.10. The Balaban J connectivity index is 2.26. The third kappa shape index (κ3) is 2.98. The van der Waals surface area contributed by atoms with Crippen molar-refractivity contribution in [1.82, 2.24) is 4.98 Å². The Bertz CT molecular complexity index is 502. The maximum Gasteiger partial charge on any atom is 0.491 e. The molecule has 1 fully saturated rings. The molecule has 0 bridgehead atoms. The van der Waals surface area contributed by atoms with Crippen LogP contribution in [0.25, 0.3) is 6.08 Å². The van der Waals surface area contributed by atoms with Crippen LogP contribution in [0.2, 0.25) is 0 Å². The molecule has 0 atom stereocenters. The van der Waals surface area contributed by atoms with Gasteiger partial charge in [-0.15, -0.1) is 11.3 Å². The first-order valence-corrected chi connectivity index (χ1v) is 8.22. The topological polar surface area (TPSA) is 31.4 Å². The molecule has 0 radical (unpaired) electrons. The fourth-order valence-corrected chi connectivity index (χ4v) is 3.04. The van der Waals surface area contributed by atoms with E-state index in [1.165, 1.54) is 4.88 Å². The average Bonchev–Trinajstić information content (AvgIpc) is 2.73. The maximum atomic E-state index is 6.06. The number of nitrogens with zero attached hydrogens (tertiary/aromatic N) is 1. The second-order valence-corrected chi connectivity index (χ2v) is 7.71. The number of rotatable bonds is 3. The van der Waals surface area contributed by atoms with Gasteiger partial charge in [-0.05, 0) is 53.1 Å². The van der Waals surface area contributed by atoms with Gasteiger partial charge >= 0.3 is 7.12 Å². The summed E-state index contributed by atoms with van der Waals surface area (Å²) in [4.78, 5) is 5.78. The van der Waals surface area contributed by atoms with Gasteiger partial charge in [0.05, 0.1) is 16.9 Å². The molecule has 1 saturated heterocycles. The lowest BCUT2D eigenvalue weighted by atomic mass is 9.79. The van der Waals surface area contributed by atoms with E-state index >= 15 is 0 Å². The summed E-state index contributed by atoms with van der Waals surface area (Å²) in [5.41, 5.74) is 1.44. The molecule has 2 heterocycles. The van der Waals surface area contributed by atoms with Crippen LogP contribution in [0.15, 0.2) is 5.47 Å². The maximum absolute atomic E-state index is 6.06. The molecule has 0 unspecified atom stereocenters. The Morgan fingerprint density at radius 2 is 1.80 bits per heavy atom. The van der Waals surface area contributed by atoms with E-state index in [1.54, 1.807) is 11.3 Å². The first-order chi connectivity index (χ1) is 9.16. The van der Waals surface area contributed by atoms with E-state index in [9.17, 15) is 0 Å². The standard InChI is InChI=1S/C14H22BNO2S2/c1-9-10(2)20-12(16-9)7-11(8-19)15-17-13(3,4)14(5,6)18-15/h7,19H,8H2,1-6H3. The van der Waals surface area contributed by atoms with E-state index in [0.29, 0.717) is 5.75 Å². The van der Waals surface area contributed by atoms with Gasteiger partial charge in [0.15, 0.2) is 0 Å². The predicted molar refractivity (Wildman–Crippen MR) is 89.5 cm³/mol. The van der Waals surface area contributed by atoms with Gasteiger partial charge in [-0.1, -0.05) is 0 Å². The summed E-state index contributed by atoms with van der Waals surface area (Å²) in [6.07, 6.45) is 2.04. The highest BCUT2D eigenvalue weighted by atomic mass is 32.1. The summed E-state index contributed by atoms with van der Waals surface area (Å²) in [5, 5.41) is 0.985. The zero-order valence-electron chi connectivity index (χ0n) is 13.0. The molecule has 20 heavy (non-hydrogen) atoms. The van der Waals surface area contributed by atoms with Gasteiger partial charge < -0.3 is 9.31 Å². The molecule has 0 aromatic carbocycles. The number of thiol groups is 1. The zero-order chi connectivity index (χ0) is 15.1. The van der Waals surface area contributed by atoms with E-state index in [1.807, 2.05) is 13.0 Å². The van der Waals surface area contributed by atoms with Crippen LogP contribution < -0.4 is 0 Å². The van der Waals surface area contributed by atoms with Gasteiger partial charge in [-0.2, -0.15) is 12.6 Å². The van der Waals surface area contributed by atoms with Crippen molar-refractivity contribution in [2.24, 2.45) is 0 Å². The number of hydrogen-bond donors (Lipinski definition) is 1. The second kappa shape index (κ2) is 5.48. The highest BCUT2D eigenvalue weighted by Gasteiger charge is 2.52. The van der Waals surface area contributed by atoms with E-state index in [2.05, 4.69) is 52.2 Å². The smallest absolute Gasteiger partial charge is 0.400 e. The number of hydrogen-bond acceptors (Lipinski definition) is 5. The van der Waals surface area contributed by atoms with Gasteiger partial charge in [0.1, 0.15) is 5.01 Å². The third-order valence-corrected chi connectivity index (χ3v) is 5.48. The fraction of sp³-hybridized carbons (Fsp3) is 0.643. The summed E-state index contributed by atoms with van der Waals surface area (Å²) in [6.45, 7) is 12.3. The van der Waals surface area contributed by atoms with Crippen LogP contribution in [0.4, 0.5) is 0 Å². The molecule has 1 aliphatic rings. The van der Waals surface area contributed by atoms with Crippen LogP contribution >= 0.6 is 24.0 Å². The Morgan fingerprint density at radius 3 is 2.20 bits per heavy atom. The molecule has 1 aromatic rings. The fourth-order valence-electron chi connectivity index (χ4n) is 1.90. The van der Waals surface area contributed by atoms with Crippen LogP contribution in [0.5, 0.6) is 0 Å². The van der Waals surface area contributed by atoms with Crippen molar-refractivity contribution < 1.29 is 9.31 Å². The zero-order valence-corrected chi connectivity index (χ0v) is 14.7. The third-order valence-electron chi connectivity index (χ3n) is 4.09. The Morgan fingerprint density at radius 1 is 1.25 bits per heavy atom. The van der Waals surface area contributed by atoms with E-state index in [-0.39, 0.29) is 18.3 Å². The van der Waals surface area contributed by atoms with Crippen molar-refractivity contribution in [3.63, 3.8) is 0 Å². The molecule has 110 valence electrons. The lowest BCUT2D eigenvalue weighted by molar-refractivity contribution is 0.00578. The lowest BCUT2D eigenvalue weighted by Gasteiger charge is -2.32. The Kier molecular flexibility index (Phi) is 4.41. The predicted octanol–water partition coefficient (Wildman–Crippen LogP) is 3.70. The SMILES string of the molecule is Cc1nc(C=C(CS)B2OC(C)(C)C(C)(C)O2)sc1C. The molecule has 3 nitrogen and oxygen atoms in total. The van der Waals surface area contributed by atoms with Crippen LogP contribution in [-0.4, -0.2) is 29.1 Å². The highest BCUT2D eigenvalue weighted by Crippen LogP contribution is 2.39. The normalized spacial score (nSPS) is 21.6. The summed E-state index contributed by atoms with van der Waals surface area (Å²) in [5.74, 6) is 0.592. The van der Waals surface area contributed by atoms with Crippen molar-refractivity contribution in [2.75, 3.05) is 5.75 Å². The van der Waals surface area contributed by atoms with Gasteiger partial charge in [-0.3, -0.25) is 0 Å². The molecule has 0 aliphatic carbocycles. The summed E-state index contributed by atoms with van der Waals surface area (Å²) in [6, 6.07) is 0. The molecule has 0 spiro atoms. The van der Waals surface area contributed by atoms with E-state index in [4.69, 9.17) is 9.31 Å². The largest absolute Gasteiger partial charge is 0.491 e. The van der Waals surface area contributed by atoms with Crippen LogP contribution in [0.3, 0.4) is 0 Å². The van der Waals surface area contributed by atoms with Crippen LogP contribution in [0, 0.1) is 13.8 Å². The van der Waals surface area contributed by atoms with Crippen molar-refractivity contribution in [3.05, 3.63) is 21.1 Å². The van der Waals surface area contributed by atoms with Crippen LogP contribution in [0.1, 0.15) is 43.3 Å². The quantitative estimate of drug-likeness (QED) is 0.682. The van der Waals surface area contributed by atoms with Crippen molar-refractivity contribution in [1.29, 1.82) is 0 Å². The van der Waals surface area contributed by atoms with Gasteiger partial charge in [0.25, 0.3) is 0 Å². The minimum Gasteiger partial charge on any atom is -0.400 e. The first kappa shape index (κ1) is 16.1. The Hall–Kier alpha value is -0.295. The van der Waals surface area contributed by atoms with Crippen molar-refractivity contribution >= 4 is 37.2 Å². The average molecular weight is 311 g/mol. The highest BCUT2D eigenvalue weighted by molar-refractivity contribution is 7.80. The van der Waals surface area contributed by atoms with Crippen molar-refractivity contribution in [3.8, 4) is 0 Å². The summed E-state index contributed by atoms with van der Waals surface area (Å²) < 4.78 is 12.1. The minimum absolute atomic E-state index is 0.325. The van der Waals surface area contributed by atoms with Crippen LogP contribution in [-0.2, 0) is 9.31 Å². The molecular weight excluding hydrogens is 289 g/mol. The molecule has 0 amide bonds. The van der Waals surface area contributed by atoms with E-state index < -0.39 is 0 Å². The molecule has 2 rings (SSSR count). The number of thiazole rings is 1. The second-order valence-electron chi connectivity index (χ2n) is 6.16.